The van der Waals surface area contributed by atoms with E-state index in [-0.39, 0.29) is 28.6 Å². The maximum atomic E-state index is 13.7. The lowest BCUT2D eigenvalue weighted by Crippen LogP contribution is -2.58. The highest BCUT2D eigenvalue weighted by atomic mass is 32.2. The third-order valence-electron chi connectivity index (χ3n) is 6.16. The smallest absolute Gasteiger partial charge is 0.406 e. The predicted octanol–water partition coefficient (Wildman–Crippen LogP) is 4.11. The fourth-order valence-electron chi connectivity index (χ4n) is 4.92. The Balaban J connectivity index is 1.55. The summed E-state index contributed by atoms with van der Waals surface area (Å²) in [5.74, 6) is -0.519. The van der Waals surface area contributed by atoms with Crippen LogP contribution in [0.3, 0.4) is 0 Å². The van der Waals surface area contributed by atoms with Crippen molar-refractivity contribution in [3.05, 3.63) is 53.6 Å². The van der Waals surface area contributed by atoms with Crippen molar-refractivity contribution in [2.45, 2.75) is 50.0 Å². The van der Waals surface area contributed by atoms with E-state index in [9.17, 15) is 26.9 Å². The summed E-state index contributed by atoms with van der Waals surface area (Å²) in [6.07, 6.45) is -3.77. The quantitative estimate of drug-likeness (QED) is 0.660. The molecule has 0 radical (unpaired) electrons. The maximum absolute atomic E-state index is 13.7. The topological polar surface area (TPSA) is 73.6 Å². The fraction of sp³-hybridized carbons (Fsp3) is 0.435. The third kappa shape index (κ3) is 4.66. The third-order valence-corrected chi connectivity index (χ3v) is 8.37. The molecule has 2 aliphatic rings. The van der Waals surface area contributed by atoms with E-state index in [0.29, 0.717) is 31.6 Å². The number of benzene rings is 2. The summed E-state index contributed by atoms with van der Waals surface area (Å²) in [5, 5.41) is 9.30. The number of nitriles is 1. The van der Waals surface area contributed by atoms with Gasteiger partial charge in [-0.3, -0.25) is 0 Å². The Bertz CT molecular complexity index is 1160. The highest BCUT2D eigenvalue weighted by molar-refractivity contribution is 7.89. The van der Waals surface area contributed by atoms with E-state index in [1.807, 2.05) is 24.8 Å². The molecule has 3 unspecified atom stereocenters. The number of anilines is 1. The molecule has 0 spiro atoms. The Labute approximate surface area is 191 Å². The van der Waals surface area contributed by atoms with Gasteiger partial charge < -0.3 is 9.64 Å². The molecule has 33 heavy (non-hydrogen) atoms. The van der Waals surface area contributed by atoms with Crippen LogP contribution in [0.25, 0.3) is 0 Å². The maximum Gasteiger partial charge on any atom is 0.573 e. The average Bonchev–Trinajstić information content (AvgIpc) is 3.15. The molecular weight excluding hydrogens is 455 g/mol. The molecule has 0 bridgehead atoms. The molecule has 1 aliphatic carbocycles. The van der Waals surface area contributed by atoms with E-state index < -0.39 is 16.4 Å². The Morgan fingerprint density at radius 1 is 1.03 bits per heavy atom. The summed E-state index contributed by atoms with van der Waals surface area (Å²) < 4.78 is 70.0. The number of halogens is 3. The second kappa shape index (κ2) is 8.54. The molecule has 0 N–H and O–H groups in total. The fourth-order valence-corrected chi connectivity index (χ4v) is 7.00. The van der Waals surface area contributed by atoms with Crippen LogP contribution in [0.15, 0.2) is 47.4 Å². The number of sulfonamides is 1. The van der Waals surface area contributed by atoms with Gasteiger partial charge >= 0.3 is 6.36 Å². The van der Waals surface area contributed by atoms with Crippen LogP contribution in [0.4, 0.5) is 18.9 Å². The predicted molar refractivity (Wildman–Crippen MR) is 116 cm³/mol. The molecule has 1 heterocycles. The van der Waals surface area contributed by atoms with Crippen LogP contribution in [0, 0.1) is 17.2 Å². The van der Waals surface area contributed by atoms with Gasteiger partial charge in [-0.25, -0.2) is 8.42 Å². The Morgan fingerprint density at radius 2 is 1.67 bits per heavy atom. The number of nitrogens with zero attached hydrogens (tertiary/aromatic N) is 3. The molecule has 3 atom stereocenters. The van der Waals surface area contributed by atoms with Crippen molar-refractivity contribution in [2.75, 3.05) is 18.0 Å². The lowest BCUT2D eigenvalue weighted by atomic mass is 10.1. The lowest BCUT2D eigenvalue weighted by Gasteiger charge is -2.44. The molecule has 0 saturated carbocycles. The van der Waals surface area contributed by atoms with Crippen LogP contribution in [0.5, 0.6) is 5.75 Å². The van der Waals surface area contributed by atoms with Crippen LogP contribution < -0.4 is 9.64 Å². The molecular formula is C23H24F3N3O3S. The number of rotatable bonds is 4. The van der Waals surface area contributed by atoms with E-state index >= 15 is 0 Å². The second-order valence-corrected chi connectivity index (χ2v) is 10.4. The number of fused-ring (bicyclic) bond motifs is 1. The summed E-state index contributed by atoms with van der Waals surface area (Å²) in [6, 6.07) is 12.3. The van der Waals surface area contributed by atoms with E-state index in [4.69, 9.17) is 0 Å². The van der Waals surface area contributed by atoms with Crippen molar-refractivity contribution >= 4 is 15.7 Å². The second-order valence-electron chi connectivity index (χ2n) is 8.61. The normalized spacial score (nSPS) is 23.8. The van der Waals surface area contributed by atoms with E-state index in [1.165, 1.54) is 28.6 Å². The Hall–Kier alpha value is -2.77. The van der Waals surface area contributed by atoms with Gasteiger partial charge in [0.25, 0.3) is 0 Å². The minimum atomic E-state index is -4.75. The summed E-state index contributed by atoms with van der Waals surface area (Å²) in [5.41, 5.74) is 2.33. The van der Waals surface area contributed by atoms with Gasteiger partial charge in [0.2, 0.25) is 10.0 Å². The Kier molecular flexibility index (Phi) is 6.05. The summed E-state index contributed by atoms with van der Waals surface area (Å²) in [4.78, 5) is 2.22. The first-order valence-corrected chi connectivity index (χ1v) is 12.1. The first-order chi connectivity index (χ1) is 15.5. The van der Waals surface area contributed by atoms with Gasteiger partial charge in [0.15, 0.2) is 0 Å². The lowest BCUT2D eigenvalue weighted by molar-refractivity contribution is -0.274. The van der Waals surface area contributed by atoms with Crippen molar-refractivity contribution in [3.8, 4) is 11.8 Å². The highest BCUT2D eigenvalue weighted by Gasteiger charge is 2.41. The summed E-state index contributed by atoms with van der Waals surface area (Å²) >= 11 is 0. The molecule has 2 aromatic rings. The van der Waals surface area contributed by atoms with E-state index in [1.54, 1.807) is 12.1 Å². The van der Waals surface area contributed by atoms with Gasteiger partial charge in [-0.1, -0.05) is 12.1 Å². The van der Waals surface area contributed by atoms with Crippen molar-refractivity contribution in [1.82, 2.24) is 4.31 Å². The van der Waals surface area contributed by atoms with Crippen LogP contribution in [-0.2, 0) is 22.9 Å². The molecule has 0 amide bonds. The van der Waals surface area contributed by atoms with Crippen LogP contribution in [-0.4, -0.2) is 44.3 Å². The van der Waals surface area contributed by atoms with Crippen molar-refractivity contribution in [2.24, 2.45) is 5.92 Å². The number of alkyl halides is 3. The van der Waals surface area contributed by atoms with Gasteiger partial charge in [-0.2, -0.15) is 9.57 Å². The SMILES string of the molecule is CC1CN(c2ccc(OC(F)(F)F)cc2)CC(C)N1S(=O)(=O)c1cccc2c1CC(C#N)C2. The molecule has 1 aliphatic heterocycles. The van der Waals surface area contributed by atoms with Gasteiger partial charge in [-0.15, -0.1) is 13.2 Å². The van der Waals surface area contributed by atoms with Crippen molar-refractivity contribution in [3.63, 3.8) is 0 Å². The summed E-state index contributed by atoms with van der Waals surface area (Å²) in [7, 11) is -3.80. The molecule has 10 heteroatoms. The Morgan fingerprint density at radius 3 is 2.24 bits per heavy atom. The number of piperazine rings is 1. The minimum Gasteiger partial charge on any atom is -0.406 e. The van der Waals surface area contributed by atoms with Crippen LogP contribution in [0.2, 0.25) is 0 Å². The van der Waals surface area contributed by atoms with Crippen molar-refractivity contribution < 1.29 is 26.3 Å². The van der Waals surface area contributed by atoms with Gasteiger partial charge in [0, 0.05) is 30.9 Å². The van der Waals surface area contributed by atoms with Gasteiger partial charge in [0.1, 0.15) is 5.75 Å². The molecule has 2 aromatic carbocycles. The highest BCUT2D eigenvalue weighted by Crippen LogP contribution is 2.36. The summed E-state index contributed by atoms with van der Waals surface area (Å²) in [6.45, 7) is 4.42. The standard InChI is InChI=1S/C23H24F3N3O3S/c1-15-13-28(19-6-8-20(9-7-19)32-23(24,25)26)14-16(2)29(15)33(30,31)22-5-3-4-18-10-17(12-27)11-21(18)22/h3-9,15-17H,10-11,13-14H2,1-2H3. The molecule has 6 nitrogen and oxygen atoms in total. The zero-order chi connectivity index (χ0) is 24.0. The molecule has 1 saturated heterocycles. The van der Waals surface area contributed by atoms with Gasteiger partial charge in [-0.05, 0) is 68.1 Å². The zero-order valence-electron chi connectivity index (χ0n) is 18.2. The van der Waals surface area contributed by atoms with E-state index in [2.05, 4.69) is 10.8 Å². The largest absolute Gasteiger partial charge is 0.573 e. The first kappa shape index (κ1) is 23.4. The molecule has 4 rings (SSSR count). The number of ether oxygens (including phenoxy) is 1. The van der Waals surface area contributed by atoms with Crippen LogP contribution >= 0.6 is 0 Å². The zero-order valence-corrected chi connectivity index (χ0v) is 19.0. The monoisotopic (exact) mass is 479 g/mol. The van der Waals surface area contributed by atoms with Crippen LogP contribution in [0.1, 0.15) is 25.0 Å². The van der Waals surface area contributed by atoms with Gasteiger partial charge in [0.05, 0.1) is 16.9 Å². The molecule has 176 valence electrons. The first-order valence-electron chi connectivity index (χ1n) is 10.6. The molecule has 0 aromatic heterocycles. The van der Waals surface area contributed by atoms with Crippen molar-refractivity contribution in [1.29, 1.82) is 5.26 Å². The minimum absolute atomic E-state index is 0.215. The average molecular weight is 480 g/mol. The van der Waals surface area contributed by atoms with E-state index in [0.717, 1.165) is 11.1 Å². The number of hydrogen-bond acceptors (Lipinski definition) is 5. The number of hydrogen-bond donors (Lipinski definition) is 0. The molecule has 1 fully saturated rings.